The first kappa shape index (κ1) is 13.2. The molecule has 0 aliphatic heterocycles. The summed E-state index contributed by atoms with van der Waals surface area (Å²) in [6, 6.07) is 15.5. The third-order valence-electron chi connectivity index (χ3n) is 3.32. The van der Waals surface area contributed by atoms with Gasteiger partial charge >= 0.3 is 0 Å². The highest BCUT2D eigenvalue weighted by molar-refractivity contribution is 5.97. The quantitative estimate of drug-likeness (QED) is 0.683. The minimum atomic E-state index is 0.0831. The molecule has 2 aromatic heterocycles. The van der Waals surface area contributed by atoms with Crippen LogP contribution in [-0.2, 0) is 6.42 Å². The first-order chi connectivity index (χ1) is 10.3. The molecule has 3 heteroatoms. The van der Waals surface area contributed by atoms with Crippen LogP contribution in [0.2, 0.25) is 0 Å². The third kappa shape index (κ3) is 3.20. The van der Waals surface area contributed by atoms with Crippen LogP contribution in [0.4, 0.5) is 0 Å². The van der Waals surface area contributed by atoms with Gasteiger partial charge in [-0.25, -0.2) is 0 Å². The summed E-state index contributed by atoms with van der Waals surface area (Å²) in [5, 5.41) is 0. The Kier molecular flexibility index (Phi) is 3.83. The van der Waals surface area contributed by atoms with E-state index < -0.39 is 0 Å². The van der Waals surface area contributed by atoms with Crippen molar-refractivity contribution in [2.75, 3.05) is 0 Å². The Morgan fingerprint density at radius 1 is 0.810 bits per heavy atom. The van der Waals surface area contributed by atoms with Crippen molar-refractivity contribution >= 4 is 5.78 Å². The van der Waals surface area contributed by atoms with Gasteiger partial charge in [-0.3, -0.25) is 14.8 Å². The first-order valence-electron chi connectivity index (χ1n) is 6.75. The van der Waals surface area contributed by atoms with Gasteiger partial charge in [0.05, 0.1) is 0 Å². The Morgan fingerprint density at radius 3 is 2.19 bits per heavy atom. The Balaban J connectivity index is 1.75. The van der Waals surface area contributed by atoms with Crippen molar-refractivity contribution in [2.24, 2.45) is 0 Å². The largest absolute Gasteiger partial charge is 0.294 e. The van der Waals surface area contributed by atoms with Crippen LogP contribution in [0.5, 0.6) is 0 Å². The molecule has 3 aromatic rings. The number of ketones is 1. The molecule has 0 radical (unpaired) electrons. The van der Waals surface area contributed by atoms with Crippen LogP contribution in [0.1, 0.15) is 15.9 Å². The van der Waals surface area contributed by atoms with E-state index in [0.717, 1.165) is 16.7 Å². The average Bonchev–Trinajstić information content (AvgIpc) is 2.57. The molecule has 0 spiro atoms. The van der Waals surface area contributed by atoms with Crippen LogP contribution < -0.4 is 0 Å². The van der Waals surface area contributed by atoms with Crippen molar-refractivity contribution in [3.63, 3.8) is 0 Å². The summed E-state index contributed by atoms with van der Waals surface area (Å²) in [7, 11) is 0. The number of Topliss-reactive ketones (excluding diaryl/α,β-unsaturated/α-hetero) is 1. The first-order valence-corrected chi connectivity index (χ1v) is 6.75. The van der Waals surface area contributed by atoms with Gasteiger partial charge in [0.1, 0.15) is 0 Å². The molecule has 0 atom stereocenters. The number of pyridine rings is 2. The van der Waals surface area contributed by atoms with Gasteiger partial charge in [0.15, 0.2) is 5.78 Å². The van der Waals surface area contributed by atoms with Crippen molar-refractivity contribution in [3.05, 3.63) is 84.4 Å². The molecule has 0 bridgehead atoms. The fourth-order valence-corrected chi connectivity index (χ4v) is 2.17. The Hall–Kier alpha value is -2.81. The van der Waals surface area contributed by atoms with E-state index in [0.29, 0.717) is 12.0 Å². The average molecular weight is 274 g/mol. The highest BCUT2D eigenvalue weighted by Gasteiger charge is 2.07. The summed E-state index contributed by atoms with van der Waals surface area (Å²) in [6.07, 6.45) is 7.21. The highest BCUT2D eigenvalue weighted by Crippen LogP contribution is 2.19. The molecule has 0 saturated heterocycles. The van der Waals surface area contributed by atoms with Crippen molar-refractivity contribution in [1.29, 1.82) is 0 Å². The molecule has 0 saturated carbocycles. The van der Waals surface area contributed by atoms with Crippen LogP contribution in [0.15, 0.2) is 73.3 Å². The predicted molar refractivity (Wildman–Crippen MR) is 81.9 cm³/mol. The minimum Gasteiger partial charge on any atom is -0.294 e. The number of hydrogen-bond acceptors (Lipinski definition) is 3. The zero-order valence-corrected chi connectivity index (χ0v) is 11.4. The van der Waals surface area contributed by atoms with E-state index in [9.17, 15) is 4.79 Å². The number of carbonyl (C=O) groups excluding carboxylic acids is 1. The topological polar surface area (TPSA) is 42.9 Å². The molecule has 21 heavy (non-hydrogen) atoms. The molecule has 0 aliphatic carbocycles. The zero-order chi connectivity index (χ0) is 14.5. The number of hydrogen-bond donors (Lipinski definition) is 0. The van der Waals surface area contributed by atoms with E-state index in [-0.39, 0.29) is 5.78 Å². The lowest BCUT2D eigenvalue weighted by molar-refractivity contribution is 0.0992. The van der Waals surface area contributed by atoms with Gasteiger partial charge < -0.3 is 0 Å². The van der Waals surface area contributed by atoms with Crippen LogP contribution >= 0.6 is 0 Å². The molecule has 0 aliphatic rings. The number of carbonyl (C=O) groups is 1. The Labute approximate surface area is 123 Å². The molecule has 102 valence electrons. The molecule has 0 fully saturated rings. The maximum Gasteiger partial charge on any atom is 0.168 e. The minimum absolute atomic E-state index is 0.0831. The van der Waals surface area contributed by atoms with Crippen LogP contribution in [0, 0.1) is 0 Å². The van der Waals surface area contributed by atoms with E-state index in [2.05, 4.69) is 9.97 Å². The van der Waals surface area contributed by atoms with Gasteiger partial charge in [-0.1, -0.05) is 24.3 Å². The van der Waals surface area contributed by atoms with E-state index in [1.54, 1.807) is 36.9 Å². The summed E-state index contributed by atoms with van der Waals surface area (Å²) in [6.45, 7) is 0. The van der Waals surface area contributed by atoms with Gasteiger partial charge in [-0.15, -0.1) is 0 Å². The summed E-state index contributed by atoms with van der Waals surface area (Å²) in [4.78, 5) is 20.1. The van der Waals surface area contributed by atoms with Crippen molar-refractivity contribution in [3.8, 4) is 11.1 Å². The number of rotatable bonds is 4. The number of nitrogens with zero attached hydrogens (tertiary/aromatic N) is 2. The lowest BCUT2D eigenvalue weighted by Gasteiger charge is -2.04. The maximum atomic E-state index is 12.1. The Morgan fingerprint density at radius 2 is 1.52 bits per heavy atom. The fraction of sp³-hybridized carbons (Fsp3) is 0.0556. The highest BCUT2D eigenvalue weighted by atomic mass is 16.1. The van der Waals surface area contributed by atoms with Crippen molar-refractivity contribution in [1.82, 2.24) is 9.97 Å². The fourth-order valence-electron chi connectivity index (χ4n) is 2.17. The second kappa shape index (κ2) is 6.09. The zero-order valence-electron chi connectivity index (χ0n) is 11.4. The van der Waals surface area contributed by atoms with Gasteiger partial charge in [0, 0.05) is 36.8 Å². The van der Waals surface area contributed by atoms with Crippen molar-refractivity contribution in [2.45, 2.75) is 6.42 Å². The summed E-state index contributed by atoms with van der Waals surface area (Å²) in [5.41, 5.74) is 3.89. The smallest absolute Gasteiger partial charge is 0.168 e. The van der Waals surface area contributed by atoms with E-state index in [1.165, 1.54) is 0 Å². The second-order valence-corrected chi connectivity index (χ2v) is 4.77. The van der Waals surface area contributed by atoms with E-state index in [1.807, 2.05) is 36.4 Å². The second-order valence-electron chi connectivity index (χ2n) is 4.77. The summed E-state index contributed by atoms with van der Waals surface area (Å²) in [5.74, 6) is 0.0831. The molecule has 3 rings (SSSR count). The number of benzene rings is 1. The maximum absolute atomic E-state index is 12.1. The number of aromatic nitrogens is 2. The molecule has 0 N–H and O–H groups in total. The molecule has 3 nitrogen and oxygen atoms in total. The standard InChI is InChI=1S/C18H14N2O/c21-18(17-2-1-9-20-13-17)12-14-3-5-15(6-4-14)16-7-10-19-11-8-16/h1-11,13H,12H2. The Bertz CT molecular complexity index is 722. The van der Waals surface area contributed by atoms with Crippen molar-refractivity contribution < 1.29 is 4.79 Å². The molecule has 2 heterocycles. The SMILES string of the molecule is O=C(Cc1ccc(-c2ccncc2)cc1)c1cccnc1. The van der Waals surface area contributed by atoms with Gasteiger partial charge in [0.25, 0.3) is 0 Å². The van der Waals surface area contributed by atoms with Crippen LogP contribution in [0.3, 0.4) is 0 Å². The van der Waals surface area contributed by atoms with Gasteiger partial charge in [-0.05, 0) is 41.0 Å². The molecule has 0 unspecified atom stereocenters. The molecule has 1 aromatic carbocycles. The third-order valence-corrected chi connectivity index (χ3v) is 3.32. The monoisotopic (exact) mass is 274 g/mol. The molecular formula is C18H14N2O. The van der Waals surface area contributed by atoms with Crippen LogP contribution in [0.25, 0.3) is 11.1 Å². The van der Waals surface area contributed by atoms with Gasteiger partial charge in [-0.2, -0.15) is 0 Å². The lowest BCUT2D eigenvalue weighted by Crippen LogP contribution is -2.03. The van der Waals surface area contributed by atoms with Gasteiger partial charge in [0.2, 0.25) is 0 Å². The normalized spacial score (nSPS) is 10.3. The molecular weight excluding hydrogens is 260 g/mol. The lowest BCUT2D eigenvalue weighted by atomic mass is 10.0. The van der Waals surface area contributed by atoms with E-state index in [4.69, 9.17) is 0 Å². The summed E-state index contributed by atoms with van der Waals surface area (Å²) >= 11 is 0. The molecule has 0 amide bonds. The van der Waals surface area contributed by atoms with E-state index >= 15 is 0 Å². The predicted octanol–water partition coefficient (Wildman–Crippen LogP) is 3.57. The van der Waals surface area contributed by atoms with Crippen LogP contribution in [-0.4, -0.2) is 15.8 Å². The summed E-state index contributed by atoms with van der Waals surface area (Å²) < 4.78 is 0.